The lowest BCUT2D eigenvalue weighted by Crippen LogP contribution is -2.33. The number of rotatable bonds is 13. The monoisotopic (exact) mass is 561 g/mol. The molecule has 3 rings (SSSR count). The Morgan fingerprint density at radius 1 is 1.03 bits per heavy atom. The van der Waals surface area contributed by atoms with Crippen LogP contribution in [0, 0.1) is 17.5 Å². The highest BCUT2D eigenvalue weighted by Crippen LogP contribution is 2.32. The molecule has 0 unspecified atom stereocenters. The van der Waals surface area contributed by atoms with E-state index >= 15 is 0 Å². The summed E-state index contributed by atoms with van der Waals surface area (Å²) in [6.45, 7) is 1.23. The van der Waals surface area contributed by atoms with Crippen molar-refractivity contribution < 1.29 is 50.2 Å². The van der Waals surface area contributed by atoms with Crippen LogP contribution in [0.4, 0.5) is 26.3 Å². The molecule has 1 aromatic heterocycles. The van der Waals surface area contributed by atoms with Gasteiger partial charge in [-0.1, -0.05) is 5.21 Å². The molecule has 10 nitrogen and oxygen atoms in total. The molecule has 210 valence electrons. The van der Waals surface area contributed by atoms with Crippen LogP contribution >= 0.6 is 0 Å². The van der Waals surface area contributed by atoms with E-state index in [1.807, 2.05) is 0 Å². The Bertz CT molecular complexity index is 1320. The van der Waals surface area contributed by atoms with Crippen molar-refractivity contribution in [2.75, 3.05) is 33.0 Å². The van der Waals surface area contributed by atoms with Gasteiger partial charge in [-0.25, -0.2) is 27.7 Å². The van der Waals surface area contributed by atoms with Crippen LogP contribution < -0.4 is 15.5 Å². The maximum absolute atomic E-state index is 14.2. The van der Waals surface area contributed by atoms with E-state index in [-0.39, 0.29) is 49.0 Å². The van der Waals surface area contributed by atoms with Gasteiger partial charge in [0.15, 0.2) is 23.1 Å². The zero-order valence-electron chi connectivity index (χ0n) is 20.2. The van der Waals surface area contributed by atoms with Gasteiger partial charge in [0, 0.05) is 12.1 Å². The molecule has 0 bridgehead atoms. The first kappa shape index (κ1) is 29.4. The first-order valence-electron chi connectivity index (χ1n) is 11.2. The maximum atomic E-state index is 14.2. The predicted molar refractivity (Wildman–Crippen MR) is 120 cm³/mol. The Morgan fingerprint density at radius 3 is 2.51 bits per heavy atom. The summed E-state index contributed by atoms with van der Waals surface area (Å²) in [5.41, 5.74) is -0.449. The highest BCUT2D eigenvalue weighted by Gasteiger charge is 2.39. The number of hydroxylamine groups is 1. The van der Waals surface area contributed by atoms with Gasteiger partial charge in [-0.05, 0) is 37.3 Å². The molecule has 0 radical (unpaired) electrons. The van der Waals surface area contributed by atoms with Crippen molar-refractivity contribution >= 4 is 11.8 Å². The minimum absolute atomic E-state index is 0.0177. The zero-order valence-corrected chi connectivity index (χ0v) is 20.2. The Balaban J connectivity index is 1.77. The van der Waals surface area contributed by atoms with E-state index in [0.717, 1.165) is 10.9 Å². The molecule has 0 spiro atoms. The number of benzene rings is 2. The summed E-state index contributed by atoms with van der Waals surface area (Å²) in [5.74, 6) is -7.69. The van der Waals surface area contributed by atoms with Crippen molar-refractivity contribution in [2.24, 2.45) is 0 Å². The van der Waals surface area contributed by atoms with Gasteiger partial charge in [0.25, 0.3) is 11.8 Å². The molecule has 1 heterocycles. The number of halogens is 6. The Hall–Kier alpha value is -4.18. The highest BCUT2D eigenvalue weighted by atomic mass is 19.3. The molecule has 16 heteroatoms. The van der Waals surface area contributed by atoms with E-state index in [4.69, 9.17) is 9.47 Å². The molecule has 0 aliphatic carbocycles. The normalized spacial score (nSPS) is 11.4. The first-order valence-corrected chi connectivity index (χ1v) is 11.2. The van der Waals surface area contributed by atoms with Crippen LogP contribution in [0.1, 0.15) is 33.3 Å². The highest BCUT2D eigenvalue weighted by molar-refractivity contribution is 5.95. The smallest absolute Gasteiger partial charge is 0.405 e. The number of nitrogens with one attached hydrogen (secondary N) is 2. The minimum Gasteiger partial charge on any atom is -0.489 e. The topological polar surface area (TPSA) is 117 Å². The summed E-state index contributed by atoms with van der Waals surface area (Å²) in [6.07, 6.45) is -3.58. The van der Waals surface area contributed by atoms with Crippen molar-refractivity contribution in [1.29, 1.82) is 0 Å². The van der Waals surface area contributed by atoms with E-state index in [0.29, 0.717) is 6.54 Å². The summed E-state index contributed by atoms with van der Waals surface area (Å²) in [6, 6.07) is 4.73. The second kappa shape index (κ2) is 13.1. The summed E-state index contributed by atoms with van der Waals surface area (Å²) < 4.78 is 92.3. The van der Waals surface area contributed by atoms with Gasteiger partial charge in [0.1, 0.15) is 24.7 Å². The van der Waals surface area contributed by atoms with Crippen LogP contribution in [0.3, 0.4) is 0 Å². The Labute approximate surface area is 216 Å². The molecule has 3 aromatic rings. The molecular formula is C23H21F6N5O5. The molecular weight excluding hydrogens is 540 g/mol. The second-order valence-corrected chi connectivity index (χ2v) is 7.51. The number of aromatic nitrogens is 3. The average molecular weight is 561 g/mol. The fraction of sp³-hybridized carbons (Fsp3) is 0.304. The third-order valence-corrected chi connectivity index (χ3v) is 4.86. The van der Waals surface area contributed by atoms with Gasteiger partial charge in [-0.2, -0.15) is 13.6 Å². The van der Waals surface area contributed by atoms with Gasteiger partial charge in [0.2, 0.25) is 0 Å². The van der Waals surface area contributed by atoms with E-state index in [1.165, 1.54) is 23.7 Å². The first-order chi connectivity index (χ1) is 18.6. The van der Waals surface area contributed by atoms with Crippen molar-refractivity contribution in [3.63, 3.8) is 0 Å². The Kier molecular flexibility index (Phi) is 9.84. The number of ether oxygens (including phenoxy) is 2. The van der Waals surface area contributed by atoms with Gasteiger partial charge in [0.05, 0.1) is 25.0 Å². The number of carbonyl (C=O) groups is 2. The molecule has 0 atom stereocenters. The number of hydrogen-bond acceptors (Lipinski definition) is 7. The lowest BCUT2D eigenvalue weighted by atomic mass is 10.1. The van der Waals surface area contributed by atoms with Crippen LogP contribution in [0.5, 0.6) is 5.75 Å². The third-order valence-electron chi connectivity index (χ3n) is 4.86. The molecule has 2 N–H and O–H groups in total. The summed E-state index contributed by atoms with van der Waals surface area (Å²) in [7, 11) is 0. The van der Waals surface area contributed by atoms with E-state index in [1.54, 1.807) is 6.92 Å². The lowest BCUT2D eigenvalue weighted by Gasteiger charge is -2.17. The fourth-order valence-electron chi connectivity index (χ4n) is 3.04. The molecule has 2 amide bonds. The standard InChI is InChI=1S/C23H21F6N5O5/c1-2-30-21(35)13-3-6-17(18(11-13)38-10-9-37-8-7-24)34-12-16(31-33-34)22(36)32-39-23(28,29)14-4-5-15(25)20(27)19(14)26/h3-6,11-12H,2,7-10H2,1H3,(H,30,35)(H,32,36). The minimum atomic E-state index is -4.58. The van der Waals surface area contributed by atoms with E-state index < -0.39 is 53.3 Å². The van der Waals surface area contributed by atoms with Crippen molar-refractivity contribution in [3.8, 4) is 11.4 Å². The number of amides is 2. The molecule has 0 fully saturated rings. The van der Waals surface area contributed by atoms with Gasteiger partial charge in [-0.3, -0.25) is 9.59 Å². The molecule has 0 aliphatic rings. The van der Waals surface area contributed by atoms with Crippen LogP contribution in [-0.2, 0) is 15.7 Å². The Morgan fingerprint density at radius 2 is 1.79 bits per heavy atom. The summed E-state index contributed by atoms with van der Waals surface area (Å²) >= 11 is 0. The number of carbonyl (C=O) groups excluding carboxylic acids is 2. The van der Waals surface area contributed by atoms with Gasteiger partial charge in [-0.15, -0.1) is 5.10 Å². The van der Waals surface area contributed by atoms with Crippen molar-refractivity contribution in [3.05, 3.63) is 70.8 Å². The quantitative estimate of drug-likeness (QED) is 0.143. The van der Waals surface area contributed by atoms with Crippen LogP contribution in [0.15, 0.2) is 36.5 Å². The van der Waals surface area contributed by atoms with Crippen molar-refractivity contribution in [2.45, 2.75) is 13.0 Å². The van der Waals surface area contributed by atoms with Gasteiger partial charge >= 0.3 is 6.11 Å². The van der Waals surface area contributed by atoms with Crippen LogP contribution in [0.2, 0.25) is 0 Å². The fourth-order valence-corrected chi connectivity index (χ4v) is 3.04. The zero-order chi connectivity index (χ0) is 28.6. The maximum Gasteiger partial charge on any atom is 0.405 e. The van der Waals surface area contributed by atoms with Crippen LogP contribution in [0.25, 0.3) is 5.69 Å². The average Bonchev–Trinajstić information content (AvgIpc) is 3.40. The third kappa shape index (κ3) is 7.23. The summed E-state index contributed by atoms with van der Waals surface area (Å²) in [4.78, 5) is 28.5. The molecule has 0 aliphatic heterocycles. The lowest BCUT2D eigenvalue weighted by molar-refractivity contribution is -0.274. The number of alkyl halides is 3. The second-order valence-electron chi connectivity index (χ2n) is 7.51. The molecule has 0 saturated carbocycles. The molecule has 2 aromatic carbocycles. The van der Waals surface area contributed by atoms with E-state index in [2.05, 4.69) is 20.5 Å². The summed E-state index contributed by atoms with van der Waals surface area (Å²) in [5, 5.41) is 9.89. The van der Waals surface area contributed by atoms with Crippen molar-refractivity contribution in [1.82, 2.24) is 25.8 Å². The molecule has 39 heavy (non-hydrogen) atoms. The predicted octanol–water partition coefficient (Wildman–Crippen LogP) is 3.21. The van der Waals surface area contributed by atoms with E-state index in [9.17, 15) is 35.9 Å². The largest absolute Gasteiger partial charge is 0.489 e. The number of hydrogen-bond donors (Lipinski definition) is 2. The number of nitrogens with zero attached hydrogens (tertiary/aromatic N) is 3. The van der Waals surface area contributed by atoms with Gasteiger partial charge < -0.3 is 14.8 Å². The SMILES string of the molecule is CCNC(=O)c1ccc(-n2cc(C(=O)NOC(F)(F)c3ccc(F)c(F)c3F)nn2)c(OCCOCCF)c1. The van der Waals surface area contributed by atoms with Crippen LogP contribution in [-0.4, -0.2) is 59.8 Å². The molecule has 0 saturated heterocycles.